The number of methoxy groups -OCH3 is 1. The van der Waals surface area contributed by atoms with Crippen LogP contribution < -0.4 is 9.47 Å². The van der Waals surface area contributed by atoms with Gasteiger partial charge in [-0.1, -0.05) is 30.0 Å². The molecule has 0 unspecified atom stereocenters. The maximum Gasteiger partial charge on any atom is 0.196 e. The Hall–Kier alpha value is -3.85. The van der Waals surface area contributed by atoms with Crippen molar-refractivity contribution in [3.05, 3.63) is 96.0 Å². The van der Waals surface area contributed by atoms with Crippen LogP contribution in [0.3, 0.4) is 0 Å². The van der Waals surface area contributed by atoms with Crippen LogP contribution >= 0.6 is 11.8 Å². The van der Waals surface area contributed by atoms with Gasteiger partial charge >= 0.3 is 0 Å². The van der Waals surface area contributed by atoms with Gasteiger partial charge < -0.3 is 13.9 Å². The van der Waals surface area contributed by atoms with Gasteiger partial charge in [-0.3, -0.25) is 4.57 Å². The van der Waals surface area contributed by atoms with Gasteiger partial charge in [0.1, 0.15) is 29.6 Å². The summed E-state index contributed by atoms with van der Waals surface area (Å²) in [7, 11) is 1.61. The average Bonchev–Trinajstić information content (AvgIpc) is 3.46. The summed E-state index contributed by atoms with van der Waals surface area (Å²) in [4.78, 5) is 4.72. The number of benzene rings is 2. The Balaban J connectivity index is 1.41. The van der Waals surface area contributed by atoms with E-state index in [9.17, 15) is 4.39 Å². The van der Waals surface area contributed by atoms with Crippen LogP contribution in [0.1, 0.15) is 17.1 Å². The summed E-state index contributed by atoms with van der Waals surface area (Å²) in [6.07, 6.45) is 3.97. The lowest BCUT2D eigenvalue weighted by Gasteiger charge is -2.12. The molecule has 0 fully saturated rings. The van der Waals surface area contributed by atoms with Crippen LogP contribution in [0.15, 0.2) is 78.2 Å². The zero-order valence-electron chi connectivity index (χ0n) is 18.7. The number of imidazole rings is 1. The predicted octanol–water partition coefficient (Wildman–Crippen LogP) is 5.24. The highest BCUT2D eigenvalue weighted by atomic mass is 32.2. The van der Waals surface area contributed by atoms with Crippen LogP contribution in [0.4, 0.5) is 4.39 Å². The molecule has 0 aliphatic carbocycles. The monoisotopic (exact) mass is 475 g/mol. The van der Waals surface area contributed by atoms with Crippen molar-refractivity contribution in [3.8, 4) is 17.2 Å². The van der Waals surface area contributed by atoms with E-state index in [1.807, 2.05) is 60.1 Å². The summed E-state index contributed by atoms with van der Waals surface area (Å²) < 4.78 is 29.5. The van der Waals surface area contributed by atoms with Crippen LogP contribution in [0.25, 0.3) is 11.3 Å². The van der Waals surface area contributed by atoms with Crippen LogP contribution in [0.2, 0.25) is 0 Å². The van der Waals surface area contributed by atoms with Crippen LogP contribution in [0.5, 0.6) is 11.5 Å². The zero-order chi connectivity index (χ0) is 23.5. The van der Waals surface area contributed by atoms with E-state index in [-0.39, 0.29) is 12.4 Å². The summed E-state index contributed by atoms with van der Waals surface area (Å²) in [5.41, 5.74) is 3.29. The quantitative estimate of drug-likeness (QED) is 0.286. The number of halogens is 1. The van der Waals surface area contributed by atoms with Gasteiger partial charge in [-0.05, 0) is 55.0 Å². The van der Waals surface area contributed by atoms with Crippen molar-refractivity contribution >= 4 is 17.4 Å². The molecule has 0 saturated heterocycles. The Kier molecular flexibility index (Phi) is 6.18. The molecule has 0 aliphatic heterocycles. The molecule has 2 aromatic carbocycles. The fourth-order valence-electron chi connectivity index (χ4n) is 3.59. The predicted molar refractivity (Wildman–Crippen MR) is 128 cm³/mol. The third kappa shape index (κ3) is 4.47. The van der Waals surface area contributed by atoms with E-state index in [2.05, 4.69) is 10.2 Å². The van der Waals surface area contributed by atoms with E-state index in [4.69, 9.17) is 14.5 Å². The lowest BCUT2D eigenvalue weighted by molar-refractivity contribution is 0.292. The van der Waals surface area contributed by atoms with Gasteiger partial charge in [0.25, 0.3) is 0 Å². The Morgan fingerprint density at radius 1 is 0.971 bits per heavy atom. The van der Waals surface area contributed by atoms with Crippen molar-refractivity contribution in [1.29, 1.82) is 0 Å². The van der Waals surface area contributed by atoms with Crippen molar-refractivity contribution in [2.75, 3.05) is 7.11 Å². The number of hydrogen-bond donors (Lipinski definition) is 0. The van der Waals surface area contributed by atoms with E-state index >= 15 is 0 Å². The van der Waals surface area contributed by atoms with Crippen molar-refractivity contribution in [2.24, 2.45) is 0 Å². The number of fused-ring (bicyclic) bond motifs is 1. The summed E-state index contributed by atoms with van der Waals surface area (Å²) in [6.45, 7) is 2.16. The Bertz CT molecular complexity index is 1430. The standard InChI is InChI=1S/C25H22FN5O2S/c1-17-6-5-13-30-14-18(27-24(17)30)16-34-25-29-28-23(31(25)22-8-4-3-7-21(22)26)15-33-20-11-9-19(32-2)10-12-20/h3-14H,15-16H2,1-2H3. The molecule has 0 amide bonds. The zero-order valence-corrected chi connectivity index (χ0v) is 19.5. The average molecular weight is 476 g/mol. The largest absolute Gasteiger partial charge is 0.497 e. The third-order valence-electron chi connectivity index (χ3n) is 5.30. The summed E-state index contributed by atoms with van der Waals surface area (Å²) in [5, 5.41) is 9.20. The first-order valence-electron chi connectivity index (χ1n) is 10.6. The number of aromatic nitrogens is 5. The highest BCUT2D eigenvalue weighted by Crippen LogP contribution is 2.27. The Morgan fingerprint density at radius 2 is 1.76 bits per heavy atom. The molecular weight excluding hydrogens is 453 g/mol. The summed E-state index contributed by atoms with van der Waals surface area (Å²) >= 11 is 1.45. The molecule has 3 heterocycles. The minimum absolute atomic E-state index is 0.127. The minimum atomic E-state index is -0.363. The van der Waals surface area contributed by atoms with Gasteiger partial charge in [-0.25, -0.2) is 9.37 Å². The lowest BCUT2D eigenvalue weighted by atomic mass is 10.3. The number of hydrogen-bond acceptors (Lipinski definition) is 6. The molecule has 7 nitrogen and oxygen atoms in total. The van der Waals surface area contributed by atoms with Gasteiger partial charge in [0.15, 0.2) is 11.0 Å². The fraction of sp³-hybridized carbons (Fsp3) is 0.160. The van der Waals surface area contributed by atoms with Crippen molar-refractivity contribution in [2.45, 2.75) is 24.4 Å². The van der Waals surface area contributed by atoms with Gasteiger partial charge in [0.2, 0.25) is 0 Å². The number of nitrogens with zero attached hydrogens (tertiary/aromatic N) is 5. The topological polar surface area (TPSA) is 66.5 Å². The molecule has 0 N–H and O–H groups in total. The number of aryl methyl sites for hydroxylation is 1. The van der Waals surface area contributed by atoms with E-state index in [1.165, 1.54) is 17.8 Å². The van der Waals surface area contributed by atoms with Gasteiger partial charge in [0.05, 0.1) is 18.5 Å². The first-order valence-corrected chi connectivity index (χ1v) is 11.6. The van der Waals surface area contributed by atoms with Crippen molar-refractivity contribution < 1.29 is 13.9 Å². The number of ether oxygens (including phenoxy) is 2. The Labute approximate surface area is 200 Å². The molecule has 0 bridgehead atoms. The second kappa shape index (κ2) is 9.56. The maximum atomic E-state index is 14.8. The normalized spacial score (nSPS) is 11.1. The van der Waals surface area contributed by atoms with Crippen LogP contribution in [0, 0.1) is 12.7 Å². The van der Waals surface area contributed by atoms with Gasteiger partial charge in [-0.15, -0.1) is 10.2 Å². The molecule has 5 rings (SSSR count). The molecule has 0 spiro atoms. The summed E-state index contributed by atoms with van der Waals surface area (Å²) in [6, 6.07) is 17.8. The van der Waals surface area contributed by atoms with Crippen molar-refractivity contribution in [3.63, 3.8) is 0 Å². The Morgan fingerprint density at radius 3 is 2.53 bits per heavy atom. The number of pyridine rings is 1. The van der Waals surface area contributed by atoms with E-state index in [0.29, 0.717) is 28.2 Å². The molecular formula is C25H22FN5O2S. The molecule has 3 aromatic heterocycles. The molecule has 0 radical (unpaired) electrons. The second-order valence-corrected chi connectivity index (χ2v) is 8.54. The van der Waals surface area contributed by atoms with Crippen LogP contribution in [-0.4, -0.2) is 31.3 Å². The van der Waals surface area contributed by atoms with Gasteiger partial charge in [0, 0.05) is 18.1 Å². The number of rotatable bonds is 8. The van der Waals surface area contributed by atoms with E-state index < -0.39 is 0 Å². The molecule has 0 aliphatic rings. The van der Waals surface area contributed by atoms with E-state index in [1.54, 1.807) is 29.9 Å². The third-order valence-corrected chi connectivity index (χ3v) is 6.26. The molecule has 0 atom stereocenters. The first kappa shape index (κ1) is 22.0. The highest BCUT2D eigenvalue weighted by Gasteiger charge is 2.18. The highest BCUT2D eigenvalue weighted by molar-refractivity contribution is 7.98. The molecule has 34 heavy (non-hydrogen) atoms. The minimum Gasteiger partial charge on any atom is -0.497 e. The number of thioether (sulfide) groups is 1. The van der Waals surface area contributed by atoms with Gasteiger partial charge in [-0.2, -0.15) is 0 Å². The van der Waals surface area contributed by atoms with Crippen molar-refractivity contribution in [1.82, 2.24) is 24.1 Å². The smallest absolute Gasteiger partial charge is 0.196 e. The molecule has 0 saturated carbocycles. The SMILES string of the molecule is COc1ccc(OCc2nnc(SCc3cn4cccc(C)c4n3)n2-c2ccccc2F)cc1. The summed E-state index contributed by atoms with van der Waals surface area (Å²) in [5.74, 6) is 2.08. The maximum absolute atomic E-state index is 14.8. The molecule has 5 aromatic rings. The second-order valence-electron chi connectivity index (χ2n) is 7.59. The van der Waals surface area contributed by atoms with E-state index in [0.717, 1.165) is 22.7 Å². The van der Waals surface area contributed by atoms with Crippen LogP contribution in [-0.2, 0) is 12.4 Å². The fourth-order valence-corrected chi connectivity index (χ4v) is 4.44. The number of para-hydroxylation sites is 1. The molecule has 9 heteroatoms. The molecule has 172 valence electrons. The lowest BCUT2D eigenvalue weighted by Crippen LogP contribution is -2.08. The first-order chi connectivity index (χ1) is 16.6.